The second-order valence-electron chi connectivity index (χ2n) is 5.74. The number of nitrogens with two attached hydrogens (primary N) is 1. The van der Waals surface area contributed by atoms with Gasteiger partial charge in [0, 0.05) is 12.1 Å². The first-order valence-corrected chi connectivity index (χ1v) is 6.42. The van der Waals surface area contributed by atoms with E-state index < -0.39 is 0 Å². The Hall–Kier alpha value is -0.0800. The lowest BCUT2D eigenvalue weighted by atomic mass is 9.63. The fourth-order valence-corrected chi connectivity index (χ4v) is 3.01. The van der Waals surface area contributed by atoms with Gasteiger partial charge >= 0.3 is 0 Å². The molecular weight excluding hydrogens is 186 g/mol. The molecule has 0 spiro atoms. The number of aliphatic hydroxyl groups is 1. The van der Waals surface area contributed by atoms with Crippen LogP contribution in [0.4, 0.5) is 0 Å². The van der Waals surface area contributed by atoms with E-state index in [9.17, 15) is 5.11 Å². The van der Waals surface area contributed by atoms with Crippen LogP contribution in [-0.2, 0) is 0 Å². The highest BCUT2D eigenvalue weighted by Crippen LogP contribution is 2.44. The average molecular weight is 213 g/mol. The standard InChI is InChI=1S/C13H27NO/c1-12(2,14)13(10-11-15)8-6-4-3-5-7-9-13/h15H,3-11,14H2,1-2H3. The van der Waals surface area contributed by atoms with Gasteiger partial charge in [-0.1, -0.05) is 32.1 Å². The monoisotopic (exact) mass is 213 g/mol. The quantitative estimate of drug-likeness (QED) is 0.757. The maximum atomic E-state index is 9.25. The summed E-state index contributed by atoms with van der Waals surface area (Å²) >= 11 is 0. The maximum absolute atomic E-state index is 9.25. The van der Waals surface area contributed by atoms with Crippen molar-refractivity contribution in [3.63, 3.8) is 0 Å². The first-order valence-electron chi connectivity index (χ1n) is 6.42. The fourth-order valence-electron chi connectivity index (χ4n) is 3.01. The van der Waals surface area contributed by atoms with Gasteiger partial charge < -0.3 is 10.8 Å². The summed E-state index contributed by atoms with van der Waals surface area (Å²) in [4.78, 5) is 0. The van der Waals surface area contributed by atoms with Crippen LogP contribution in [-0.4, -0.2) is 17.3 Å². The van der Waals surface area contributed by atoms with Crippen molar-refractivity contribution in [3.05, 3.63) is 0 Å². The Morgan fingerprint density at radius 2 is 1.53 bits per heavy atom. The molecule has 0 bridgehead atoms. The molecule has 0 aromatic rings. The molecule has 2 nitrogen and oxygen atoms in total. The van der Waals surface area contributed by atoms with Crippen LogP contribution in [0.25, 0.3) is 0 Å². The minimum Gasteiger partial charge on any atom is -0.396 e. The Kier molecular flexibility index (Phi) is 4.60. The Bertz CT molecular complexity index is 175. The molecule has 1 saturated carbocycles. The maximum Gasteiger partial charge on any atom is 0.0437 e. The number of hydrogen-bond donors (Lipinski definition) is 2. The largest absolute Gasteiger partial charge is 0.396 e. The van der Waals surface area contributed by atoms with Crippen molar-refractivity contribution in [1.82, 2.24) is 0 Å². The number of rotatable bonds is 3. The van der Waals surface area contributed by atoms with E-state index in [1.807, 2.05) is 0 Å². The van der Waals surface area contributed by atoms with Gasteiger partial charge in [-0.3, -0.25) is 0 Å². The lowest BCUT2D eigenvalue weighted by Gasteiger charge is -2.46. The second-order valence-corrected chi connectivity index (χ2v) is 5.74. The molecule has 0 aromatic carbocycles. The third-order valence-electron chi connectivity index (χ3n) is 4.27. The first kappa shape index (κ1) is 13.0. The fraction of sp³-hybridized carbons (Fsp3) is 1.00. The lowest BCUT2D eigenvalue weighted by Crippen LogP contribution is -2.51. The van der Waals surface area contributed by atoms with E-state index in [0.29, 0.717) is 0 Å². The van der Waals surface area contributed by atoms with Gasteiger partial charge in [-0.2, -0.15) is 0 Å². The van der Waals surface area contributed by atoms with E-state index in [1.54, 1.807) is 0 Å². The highest BCUT2D eigenvalue weighted by Gasteiger charge is 2.41. The molecule has 1 aliphatic rings. The molecule has 0 heterocycles. The van der Waals surface area contributed by atoms with Crippen LogP contribution >= 0.6 is 0 Å². The molecule has 1 fully saturated rings. The smallest absolute Gasteiger partial charge is 0.0437 e. The molecular formula is C13H27NO. The molecule has 0 aromatic heterocycles. The molecule has 0 unspecified atom stereocenters. The van der Waals surface area contributed by atoms with Gasteiger partial charge in [0.2, 0.25) is 0 Å². The zero-order chi connectivity index (χ0) is 11.4. The summed E-state index contributed by atoms with van der Waals surface area (Å²) in [6, 6.07) is 0. The summed E-state index contributed by atoms with van der Waals surface area (Å²) in [5.74, 6) is 0. The van der Waals surface area contributed by atoms with Crippen LogP contribution in [0, 0.1) is 5.41 Å². The van der Waals surface area contributed by atoms with Gasteiger partial charge in [0.25, 0.3) is 0 Å². The molecule has 0 aliphatic heterocycles. The van der Waals surface area contributed by atoms with Gasteiger partial charge in [0.1, 0.15) is 0 Å². The van der Waals surface area contributed by atoms with E-state index in [0.717, 1.165) is 6.42 Å². The second kappa shape index (κ2) is 5.31. The van der Waals surface area contributed by atoms with Crippen LogP contribution in [0.1, 0.15) is 65.2 Å². The van der Waals surface area contributed by atoms with E-state index >= 15 is 0 Å². The highest BCUT2D eigenvalue weighted by molar-refractivity contribution is 4.96. The Morgan fingerprint density at radius 1 is 1.07 bits per heavy atom. The van der Waals surface area contributed by atoms with Gasteiger partial charge in [-0.05, 0) is 38.5 Å². The summed E-state index contributed by atoms with van der Waals surface area (Å²) < 4.78 is 0. The number of hydrogen-bond acceptors (Lipinski definition) is 2. The lowest BCUT2D eigenvalue weighted by molar-refractivity contribution is 0.0676. The minimum atomic E-state index is -0.160. The normalized spacial score (nSPS) is 23.2. The zero-order valence-electron chi connectivity index (χ0n) is 10.4. The van der Waals surface area contributed by atoms with Crippen LogP contribution < -0.4 is 5.73 Å². The van der Waals surface area contributed by atoms with Crippen LogP contribution in [0.15, 0.2) is 0 Å². The highest BCUT2D eigenvalue weighted by atomic mass is 16.3. The van der Waals surface area contributed by atoms with Crippen LogP contribution in [0.3, 0.4) is 0 Å². The van der Waals surface area contributed by atoms with Crippen molar-refractivity contribution in [2.45, 2.75) is 70.8 Å². The molecule has 0 saturated heterocycles. The molecule has 1 rings (SSSR count). The van der Waals surface area contributed by atoms with Gasteiger partial charge in [0.15, 0.2) is 0 Å². The number of aliphatic hydroxyl groups excluding tert-OH is 1. The van der Waals surface area contributed by atoms with Crippen molar-refractivity contribution >= 4 is 0 Å². The van der Waals surface area contributed by atoms with Crippen molar-refractivity contribution in [3.8, 4) is 0 Å². The SMILES string of the molecule is CC(C)(N)C1(CCO)CCCCCCC1. The van der Waals surface area contributed by atoms with Crippen molar-refractivity contribution < 1.29 is 5.11 Å². The summed E-state index contributed by atoms with van der Waals surface area (Å²) in [6.45, 7) is 4.54. The van der Waals surface area contributed by atoms with Crippen LogP contribution in [0.5, 0.6) is 0 Å². The topological polar surface area (TPSA) is 46.2 Å². The third kappa shape index (κ3) is 3.18. The van der Waals surface area contributed by atoms with Gasteiger partial charge in [0.05, 0.1) is 0 Å². The van der Waals surface area contributed by atoms with E-state index in [2.05, 4.69) is 13.8 Å². The van der Waals surface area contributed by atoms with Crippen molar-refractivity contribution in [2.75, 3.05) is 6.61 Å². The molecule has 1 aliphatic carbocycles. The van der Waals surface area contributed by atoms with Crippen molar-refractivity contribution in [1.29, 1.82) is 0 Å². The van der Waals surface area contributed by atoms with E-state index in [1.165, 1.54) is 44.9 Å². The Labute approximate surface area is 94.2 Å². The Morgan fingerprint density at radius 3 is 1.93 bits per heavy atom. The molecule has 0 amide bonds. The van der Waals surface area contributed by atoms with Gasteiger partial charge in [-0.25, -0.2) is 0 Å². The molecule has 0 atom stereocenters. The summed E-state index contributed by atoms with van der Waals surface area (Å²) in [5, 5.41) is 9.25. The van der Waals surface area contributed by atoms with Crippen molar-refractivity contribution in [2.24, 2.45) is 11.1 Å². The first-order chi connectivity index (χ1) is 7.02. The Balaban J connectivity index is 2.75. The molecule has 15 heavy (non-hydrogen) atoms. The summed E-state index contributed by atoms with van der Waals surface area (Å²) in [7, 11) is 0. The van der Waals surface area contributed by atoms with E-state index in [-0.39, 0.29) is 17.6 Å². The zero-order valence-corrected chi connectivity index (χ0v) is 10.4. The minimum absolute atomic E-state index is 0.160. The summed E-state index contributed by atoms with van der Waals surface area (Å²) in [5.41, 5.74) is 6.35. The molecule has 2 heteroatoms. The average Bonchev–Trinajstić information content (AvgIpc) is 2.07. The summed E-state index contributed by atoms with van der Waals surface area (Å²) in [6.07, 6.45) is 9.86. The molecule has 3 N–H and O–H groups in total. The molecule has 90 valence electrons. The third-order valence-corrected chi connectivity index (χ3v) is 4.27. The van der Waals surface area contributed by atoms with Crippen LogP contribution in [0.2, 0.25) is 0 Å². The predicted octanol–water partition coefficient (Wildman–Crippen LogP) is 2.84. The van der Waals surface area contributed by atoms with Gasteiger partial charge in [-0.15, -0.1) is 0 Å². The van der Waals surface area contributed by atoms with E-state index in [4.69, 9.17) is 5.73 Å². The molecule has 0 radical (unpaired) electrons. The predicted molar refractivity (Wildman–Crippen MR) is 64.7 cm³/mol.